The molecule has 5 nitrogen and oxygen atoms in total. The average molecular weight is 443 g/mol. The minimum absolute atomic E-state index is 0.265. The van der Waals surface area contributed by atoms with Gasteiger partial charge in [-0.2, -0.15) is 0 Å². The number of rotatable bonds is 8. The van der Waals surface area contributed by atoms with Crippen molar-refractivity contribution in [1.82, 2.24) is 0 Å². The molecular formula is C28H26O5. The van der Waals surface area contributed by atoms with E-state index in [1.807, 2.05) is 49.4 Å². The highest BCUT2D eigenvalue weighted by Crippen LogP contribution is 2.27. The lowest BCUT2D eigenvalue weighted by Crippen LogP contribution is -2.31. The molecule has 1 fully saturated rings. The Labute approximate surface area is 193 Å². The molecule has 0 amide bonds. The second-order valence-electron chi connectivity index (χ2n) is 8.00. The van der Waals surface area contributed by atoms with Crippen LogP contribution < -0.4 is 9.47 Å². The number of cyclic esters (lactones) is 1. The van der Waals surface area contributed by atoms with E-state index in [-0.39, 0.29) is 18.2 Å². The van der Waals surface area contributed by atoms with Crippen molar-refractivity contribution in [2.24, 2.45) is 0 Å². The summed E-state index contributed by atoms with van der Waals surface area (Å²) < 4.78 is 17.0. The van der Waals surface area contributed by atoms with Crippen LogP contribution in [0.15, 0.2) is 91.0 Å². The van der Waals surface area contributed by atoms with Crippen LogP contribution in [0.4, 0.5) is 0 Å². The van der Waals surface area contributed by atoms with Crippen LogP contribution in [0.3, 0.4) is 0 Å². The van der Waals surface area contributed by atoms with Crippen molar-refractivity contribution < 1.29 is 23.8 Å². The monoisotopic (exact) mass is 442 g/mol. The summed E-state index contributed by atoms with van der Waals surface area (Å²) in [6.07, 6.45) is 1.50. The predicted molar refractivity (Wildman–Crippen MR) is 126 cm³/mol. The van der Waals surface area contributed by atoms with Gasteiger partial charge in [-0.1, -0.05) is 62.4 Å². The van der Waals surface area contributed by atoms with Gasteiger partial charge in [0.25, 0.3) is 0 Å². The van der Waals surface area contributed by atoms with Crippen molar-refractivity contribution in [3.8, 4) is 22.6 Å². The van der Waals surface area contributed by atoms with E-state index in [0.717, 1.165) is 24.0 Å². The number of hydrogen-bond donors (Lipinski definition) is 0. The molecule has 0 N–H and O–H groups in total. The summed E-state index contributed by atoms with van der Waals surface area (Å²) in [5.41, 5.74) is 3.04. The maximum absolute atomic E-state index is 12.6. The second kappa shape index (κ2) is 10.2. The van der Waals surface area contributed by atoms with Crippen molar-refractivity contribution in [3.05, 3.63) is 96.6 Å². The lowest BCUT2D eigenvalue weighted by atomic mass is 10.0. The fourth-order valence-electron chi connectivity index (χ4n) is 3.76. The molecule has 2 unspecified atom stereocenters. The molecule has 3 aromatic carbocycles. The minimum atomic E-state index is -0.444. The fourth-order valence-corrected chi connectivity index (χ4v) is 3.76. The highest BCUT2D eigenvalue weighted by Gasteiger charge is 2.34. The Morgan fingerprint density at radius 1 is 0.970 bits per heavy atom. The van der Waals surface area contributed by atoms with Crippen molar-refractivity contribution in [3.63, 3.8) is 0 Å². The van der Waals surface area contributed by atoms with Gasteiger partial charge in [0.05, 0.1) is 5.56 Å². The van der Waals surface area contributed by atoms with E-state index in [2.05, 4.69) is 6.58 Å². The van der Waals surface area contributed by atoms with Gasteiger partial charge < -0.3 is 14.2 Å². The molecule has 0 aliphatic carbocycles. The Kier molecular flexibility index (Phi) is 6.89. The van der Waals surface area contributed by atoms with Crippen LogP contribution in [0.25, 0.3) is 11.1 Å². The molecule has 168 valence electrons. The molecule has 4 rings (SSSR count). The highest BCUT2D eigenvalue weighted by molar-refractivity contribution is 5.91. The Morgan fingerprint density at radius 3 is 2.21 bits per heavy atom. The zero-order valence-electron chi connectivity index (χ0n) is 18.5. The van der Waals surface area contributed by atoms with Crippen LogP contribution in [0.1, 0.15) is 36.5 Å². The lowest BCUT2D eigenvalue weighted by Gasteiger charge is -2.23. The van der Waals surface area contributed by atoms with Gasteiger partial charge >= 0.3 is 11.9 Å². The van der Waals surface area contributed by atoms with Gasteiger partial charge in [-0.25, -0.2) is 9.59 Å². The van der Waals surface area contributed by atoms with Crippen LogP contribution in [0.5, 0.6) is 11.5 Å². The zero-order valence-corrected chi connectivity index (χ0v) is 18.5. The topological polar surface area (TPSA) is 61.8 Å². The molecule has 2 atom stereocenters. The second-order valence-corrected chi connectivity index (χ2v) is 8.00. The Hall–Kier alpha value is -3.86. The molecule has 3 aromatic rings. The quantitative estimate of drug-likeness (QED) is 0.244. The summed E-state index contributed by atoms with van der Waals surface area (Å²) in [5, 5.41) is 0. The van der Waals surface area contributed by atoms with Gasteiger partial charge in [0, 0.05) is 12.0 Å². The molecule has 1 aliphatic heterocycles. The largest absolute Gasteiger partial charge is 0.487 e. The maximum Gasteiger partial charge on any atom is 0.343 e. The smallest absolute Gasteiger partial charge is 0.343 e. The standard InChI is InChI=1S/C28H26O5/c1-3-7-25(26-18-19(2)27(29)33-26)31-23-16-12-22(13-17-23)28(30)32-24-14-10-21(11-15-24)20-8-5-4-6-9-20/h4-6,8-17,25-26H,2-3,7,18H2,1H3. The molecular weight excluding hydrogens is 416 g/mol. The number of hydrogen-bond acceptors (Lipinski definition) is 5. The summed E-state index contributed by atoms with van der Waals surface area (Å²) in [6.45, 7) is 5.79. The summed E-state index contributed by atoms with van der Waals surface area (Å²) >= 11 is 0. The summed E-state index contributed by atoms with van der Waals surface area (Å²) in [5.74, 6) is 0.275. The third kappa shape index (κ3) is 5.50. The number of ether oxygens (including phenoxy) is 3. The highest BCUT2D eigenvalue weighted by atomic mass is 16.6. The van der Waals surface area contributed by atoms with E-state index in [1.165, 1.54) is 0 Å². The van der Waals surface area contributed by atoms with E-state index < -0.39 is 5.97 Å². The first kappa shape index (κ1) is 22.3. The van der Waals surface area contributed by atoms with E-state index in [4.69, 9.17) is 14.2 Å². The van der Waals surface area contributed by atoms with E-state index in [9.17, 15) is 9.59 Å². The first-order chi connectivity index (χ1) is 16.0. The summed E-state index contributed by atoms with van der Waals surface area (Å²) in [7, 11) is 0. The van der Waals surface area contributed by atoms with Crippen molar-refractivity contribution in [1.29, 1.82) is 0 Å². The first-order valence-electron chi connectivity index (χ1n) is 11.1. The van der Waals surface area contributed by atoms with Crippen molar-refractivity contribution >= 4 is 11.9 Å². The van der Waals surface area contributed by atoms with Gasteiger partial charge in [-0.3, -0.25) is 0 Å². The van der Waals surface area contributed by atoms with Crippen LogP contribution in [-0.4, -0.2) is 24.1 Å². The Morgan fingerprint density at radius 2 is 1.61 bits per heavy atom. The zero-order chi connectivity index (χ0) is 23.2. The molecule has 0 spiro atoms. The molecule has 0 radical (unpaired) electrons. The third-order valence-corrected chi connectivity index (χ3v) is 5.53. The van der Waals surface area contributed by atoms with Gasteiger partial charge in [-0.15, -0.1) is 0 Å². The van der Waals surface area contributed by atoms with E-state index in [1.54, 1.807) is 36.4 Å². The molecule has 33 heavy (non-hydrogen) atoms. The maximum atomic E-state index is 12.6. The molecule has 1 aliphatic rings. The Balaban J connectivity index is 1.37. The van der Waals surface area contributed by atoms with Gasteiger partial charge in [0.15, 0.2) is 0 Å². The van der Waals surface area contributed by atoms with E-state index >= 15 is 0 Å². The van der Waals surface area contributed by atoms with Crippen molar-refractivity contribution in [2.45, 2.75) is 38.4 Å². The SMILES string of the molecule is C=C1CC(C(CCC)Oc2ccc(C(=O)Oc3ccc(-c4ccccc4)cc3)cc2)OC1=O. The molecule has 1 saturated heterocycles. The van der Waals surface area contributed by atoms with Gasteiger partial charge in [0.2, 0.25) is 0 Å². The molecule has 1 heterocycles. The van der Waals surface area contributed by atoms with Crippen LogP contribution in [0, 0.1) is 0 Å². The van der Waals surface area contributed by atoms with Crippen LogP contribution >= 0.6 is 0 Å². The number of esters is 2. The molecule has 0 saturated carbocycles. The lowest BCUT2D eigenvalue weighted by molar-refractivity contribution is -0.142. The molecule has 5 heteroatoms. The Bertz CT molecular complexity index is 1100. The summed E-state index contributed by atoms with van der Waals surface area (Å²) in [4.78, 5) is 24.2. The third-order valence-electron chi connectivity index (χ3n) is 5.53. The van der Waals surface area contributed by atoms with Crippen LogP contribution in [-0.2, 0) is 9.53 Å². The first-order valence-corrected chi connectivity index (χ1v) is 11.1. The number of carbonyl (C=O) groups excluding carboxylic acids is 2. The molecule has 0 bridgehead atoms. The summed E-state index contributed by atoms with van der Waals surface area (Å²) in [6, 6.07) is 24.2. The predicted octanol–water partition coefficient (Wildman–Crippen LogP) is 5.99. The van der Waals surface area contributed by atoms with Crippen LogP contribution in [0.2, 0.25) is 0 Å². The molecule has 0 aromatic heterocycles. The van der Waals surface area contributed by atoms with E-state index in [0.29, 0.717) is 29.1 Å². The van der Waals surface area contributed by atoms with Gasteiger partial charge in [-0.05, 0) is 53.9 Å². The fraction of sp³-hybridized carbons (Fsp3) is 0.214. The number of benzene rings is 3. The minimum Gasteiger partial charge on any atom is -0.487 e. The van der Waals surface area contributed by atoms with Gasteiger partial charge in [0.1, 0.15) is 23.7 Å². The van der Waals surface area contributed by atoms with Crippen molar-refractivity contribution in [2.75, 3.05) is 0 Å². The number of carbonyl (C=O) groups is 2. The normalized spacial score (nSPS) is 16.2. The average Bonchev–Trinajstić information content (AvgIpc) is 3.18.